The Balaban J connectivity index is 1.51. The summed E-state index contributed by atoms with van der Waals surface area (Å²) in [6.45, 7) is 3.90. The van der Waals surface area contributed by atoms with Gasteiger partial charge in [-0.05, 0) is 73.6 Å². The zero-order valence-corrected chi connectivity index (χ0v) is 18.1. The highest BCUT2D eigenvalue weighted by Gasteiger charge is 2.08. The van der Waals surface area contributed by atoms with Crippen LogP contribution < -0.4 is 16.0 Å². The van der Waals surface area contributed by atoms with Crippen LogP contribution in [0.1, 0.15) is 27.0 Å². The molecule has 0 heterocycles. The summed E-state index contributed by atoms with van der Waals surface area (Å²) in [4.78, 5) is 24.4. The van der Waals surface area contributed by atoms with E-state index in [1.54, 1.807) is 36.4 Å². The van der Waals surface area contributed by atoms with Gasteiger partial charge in [0.25, 0.3) is 5.91 Å². The largest absolute Gasteiger partial charge is 0.332 e. The summed E-state index contributed by atoms with van der Waals surface area (Å²) in [6.07, 6.45) is 3.16. The zero-order valence-electron chi connectivity index (χ0n) is 17.3. The molecular formula is C25H23N3O2S. The lowest BCUT2D eigenvalue weighted by atomic mass is 10.1. The molecule has 0 bridgehead atoms. The maximum absolute atomic E-state index is 12.4. The first kappa shape index (κ1) is 21.9. The summed E-state index contributed by atoms with van der Waals surface area (Å²) in [5.74, 6) is -0.484. The van der Waals surface area contributed by atoms with Crippen molar-refractivity contribution in [3.05, 3.63) is 101 Å². The van der Waals surface area contributed by atoms with Gasteiger partial charge in [0.1, 0.15) is 0 Å². The second-order valence-electron chi connectivity index (χ2n) is 7.03. The second kappa shape index (κ2) is 10.3. The molecule has 0 atom stereocenters. The predicted molar refractivity (Wildman–Crippen MR) is 130 cm³/mol. The number of carbonyl (C=O) groups is 2. The topological polar surface area (TPSA) is 70.2 Å². The third-order valence-corrected chi connectivity index (χ3v) is 4.74. The molecule has 0 radical (unpaired) electrons. The molecule has 0 aliphatic carbocycles. The molecule has 0 aliphatic rings. The first-order valence-electron chi connectivity index (χ1n) is 9.74. The molecule has 31 heavy (non-hydrogen) atoms. The van der Waals surface area contributed by atoms with Crippen LogP contribution in [0.15, 0.2) is 78.9 Å². The fourth-order valence-corrected chi connectivity index (χ4v) is 3.05. The van der Waals surface area contributed by atoms with E-state index >= 15 is 0 Å². The van der Waals surface area contributed by atoms with Gasteiger partial charge in [-0.3, -0.25) is 14.9 Å². The van der Waals surface area contributed by atoms with Crippen LogP contribution in [0.3, 0.4) is 0 Å². The van der Waals surface area contributed by atoms with E-state index in [-0.39, 0.29) is 16.9 Å². The summed E-state index contributed by atoms with van der Waals surface area (Å²) in [6, 6.07) is 22.3. The molecule has 0 saturated carbocycles. The molecule has 0 aliphatic heterocycles. The fraction of sp³-hybridized carbons (Fsp3) is 0.0800. The predicted octanol–water partition coefficient (Wildman–Crippen LogP) is 5.08. The van der Waals surface area contributed by atoms with Crippen LogP contribution >= 0.6 is 12.2 Å². The van der Waals surface area contributed by atoms with Crippen LogP contribution in [0, 0.1) is 13.8 Å². The highest BCUT2D eigenvalue weighted by atomic mass is 32.1. The molecule has 2 amide bonds. The van der Waals surface area contributed by atoms with E-state index < -0.39 is 0 Å². The first-order valence-corrected chi connectivity index (χ1v) is 10.2. The summed E-state index contributed by atoms with van der Waals surface area (Å²) >= 11 is 5.19. The number of nitrogens with one attached hydrogen (secondary N) is 3. The number of benzene rings is 3. The molecule has 0 spiro atoms. The van der Waals surface area contributed by atoms with Crippen molar-refractivity contribution in [2.75, 3.05) is 10.6 Å². The third-order valence-electron chi connectivity index (χ3n) is 4.53. The van der Waals surface area contributed by atoms with E-state index in [1.807, 2.05) is 56.3 Å². The Morgan fingerprint density at radius 3 is 2.06 bits per heavy atom. The van der Waals surface area contributed by atoms with Crippen LogP contribution in [0.25, 0.3) is 6.08 Å². The quantitative estimate of drug-likeness (QED) is 0.391. The lowest BCUT2D eigenvalue weighted by Crippen LogP contribution is -2.32. The molecule has 3 rings (SSSR count). The Labute approximate surface area is 187 Å². The van der Waals surface area contributed by atoms with Crippen molar-refractivity contribution in [1.29, 1.82) is 0 Å². The van der Waals surface area contributed by atoms with E-state index in [2.05, 4.69) is 16.0 Å². The Morgan fingerprint density at radius 1 is 0.806 bits per heavy atom. The number of hydrogen-bond acceptors (Lipinski definition) is 3. The van der Waals surface area contributed by atoms with Gasteiger partial charge in [0.05, 0.1) is 0 Å². The lowest BCUT2D eigenvalue weighted by molar-refractivity contribution is -0.115. The summed E-state index contributed by atoms with van der Waals surface area (Å²) in [5.41, 5.74) is 5.00. The van der Waals surface area contributed by atoms with Crippen molar-refractivity contribution in [2.45, 2.75) is 13.8 Å². The third kappa shape index (κ3) is 6.62. The number of amides is 2. The molecule has 3 N–H and O–H groups in total. The van der Waals surface area contributed by atoms with Crippen LogP contribution in [0.5, 0.6) is 0 Å². The van der Waals surface area contributed by atoms with Crippen molar-refractivity contribution >= 4 is 46.6 Å². The van der Waals surface area contributed by atoms with Gasteiger partial charge < -0.3 is 10.6 Å². The summed E-state index contributed by atoms with van der Waals surface area (Å²) in [5, 5.41) is 8.62. The molecule has 5 nitrogen and oxygen atoms in total. The van der Waals surface area contributed by atoms with Gasteiger partial charge in [0.2, 0.25) is 5.91 Å². The molecule has 3 aromatic rings. The molecule has 0 saturated heterocycles. The minimum absolute atomic E-state index is 0.165. The van der Waals surface area contributed by atoms with E-state index in [0.717, 1.165) is 16.7 Å². The highest BCUT2D eigenvalue weighted by Crippen LogP contribution is 2.16. The van der Waals surface area contributed by atoms with Gasteiger partial charge in [0.15, 0.2) is 5.11 Å². The molecule has 0 aromatic heterocycles. The standard InChI is InChI=1S/C25H23N3O2S/c1-17-7-9-19(10-8-17)11-16-23(29)28-25(31)27-21-14-12-20(13-15-21)26-24(30)22-6-4-3-5-18(22)2/h3-16H,1-2H3,(H,26,30)(H2,27,28,29,31)/b16-11+. The zero-order chi connectivity index (χ0) is 22.2. The Morgan fingerprint density at radius 2 is 1.42 bits per heavy atom. The molecule has 156 valence electrons. The smallest absolute Gasteiger partial charge is 0.255 e. The maximum atomic E-state index is 12.4. The van der Waals surface area contributed by atoms with Crippen molar-refractivity contribution < 1.29 is 9.59 Å². The van der Waals surface area contributed by atoms with Crippen LogP contribution in [0.4, 0.5) is 11.4 Å². The average molecular weight is 430 g/mol. The lowest BCUT2D eigenvalue weighted by Gasteiger charge is -2.10. The number of thiocarbonyl (C=S) groups is 1. The summed E-state index contributed by atoms with van der Waals surface area (Å²) < 4.78 is 0. The normalized spacial score (nSPS) is 10.5. The van der Waals surface area contributed by atoms with Crippen molar-refractivity contribution in [3.63, 3.8) is 0 Å². The average Bonchev–Trinajstić information content (AvgIpc) is 2.75. The summed E-state index contributed by atoms with van der Waals surface area (Å²) in [7, 11) is 0. The van der Waals surface area contributed by atoms with E-state index in [1.165, 1.54) is 6.08 Å². The van der Waals surface area contributed by atoms with Gasteiger partial charge in [-0.25, -0.2) is 0 Å². The molecular weight excluding hydrogens is 406 g/mol. The van der Waals surface area contributed by atoms with Gasteiger partial charge in [-0.15, -0.1) is 0 Å². The van der Waals surface area contributed by atoms with Crippen molar-refractivity contribution in [1.82, 2.24) is 5.32 Å². The van der Waals surface area contributed by atoms with E-state index in [0.29, 0.717) is 16.9 Å². The number of carbonyl (C=O) groups excluding carboxylic acids is 2. The molecule has 6 heteroatoms. The SMILES string of the molecule is Cc1ccc(/C=C/C(=O)NC(=S)Nc2ccc(NC(=O)c3ccccc3C)cc2)cc1. The van der Waals surface area contributed by atoms with Crippen LogP contribution in [0.2, 0.25) is 0 Å². The number of hydrogen-bond donors (Lipinski definition) is 3. The van der Waals surface area contributed by atoms with Crippen LogP contribution in [-0.2, 0) is 4.79 Å². The van der Waals surface area contributed by atoms with Crippen molar-refractivity contribution in [3.8, 4) is 0 Å². The number of aryl methyl sites for hydroxylation is 2. The van der Waals surface area contributed by atoms with Gasteiger partial charge in [-0.1, -0.05) is 48.0 Å². The van der Waals surface area contributed by atoms with Gasteiger partial charge >= 0.3 is 0 Å². The fourth-order valence-electron chi connectivity index (χ4n) is 2.83. The number of rotatable bonds is 5. The van der Waals surface area contributed by atoms with E-state index in [9.17, 15) is 9.59 Å². The Kier molecular flexibility index (Phi) is 7.30. The van der Waals surface area contributed by atoms with Crippen molar-refractivity contribution in [2.24, 2.45) is 0 Å². The molecule has 0 fully saturated rings. The molecule has 0 unspecified atom stereocenters. The van der Waals surface area contributed by atoms with Crippen LogP contribution in [-0.4, -0.2) is 16.9 Å². The minimum Gasteiger partial charge on any atom is -0.332 e. The van der Waals surface area contributed by atoms with E-state index in [4.69, 9.17) is 12.2 Å². The molecule has 3 aromatic carbocycles. The van der Waals surface area contributed by atoms with Gasteiger partial charge in [0, 0.05) is 23.0 Å². The minimum atomic E-state index is -0.319. The monoisotopic (exact) mass is 429 g/mol. The highest BCUT2D eigenvalue weighted by molar-refractivity contribution is 7.80. The Hall–Kier alpha value is -3.77. The Bertz CT molecular complexity index is 1120. The number of anilines is 2. The maximum Gasteiger partial charge on any atom is 0.255 e. The first-order chi connectivity index (χ1) is 14.9. The van der Waals surface area contributed by atoms with Gasteiger partial charge in [-0.2, -0.15) is 0 Å². The second-order valence-corrected chi connectivity index (χ2v) is 7.44.